The van der Waals surface area contributed by atoms with Gasteiger partial charge in [0.2, 0.25) is 0 Å². The monoisotopic (exact) mass is 366 g/mol. The molecule has 4 aromatic rings. The second-order valence-electron chi connectivity index (χ2n) is 6.65. The molecular weight excluding hydrogens is 344 g/mol. The topological polar surface area (TPSA) is 0 Å². The molecule has 0 radical (unpaired) electrons. The largest absolute Gasteiger partial charge is 0.145 e. The van der Waals surface area contributed by atoms with E-state index in [1.807, 2.05) is 11.3 Å². The van der Waals surface area contributed by atoms with Crippen molar-refractivity contribution in [3.63, 3.8) is 0 Å². The average Bonchev–Trinajstić information content (AvgIpc) is 3.17. The lowest BCUT2D eigenvalue weighted by Crippen LogP contribution is -1.98. The normalized spacial score (nSPS) is 11.7. The molecule has 1 unspecified atom stereocenters. The highest BCUT2D eigenvalue weighted by molar-refractivity contribution is 7.12. The number of benzene rings is 3. The molecule has 27 heavy (non-hydrogen) atoms. The zero-order valence-corrected chi connectivity index (χ0v) is 16.2. The highest BCUT2D eigenvalue weighted by Gasteiger charge is 2.16. The molecule has 1 heterocycles. The molecule has 0 nitrogen and oxygen atoms in total. The number of aryl methyl sites for hydroxylation is 1. The molecule has 0 aliphatic rings. The molecule has 0 aliphatic heterocycles. The number of allylic oxidation sites excluding steroid dienone is 1. The third-order valence-electron chi connectivity index (χ3n) is 4.73. The van der Waals surface area contributed by atoms with E-state index in [0.717, 1.165) is 0 Å². The van der Waals surface area contributed by atoms with Crippen LogP contribution in [-0.4, -0.2) is 0 Å². The first-order valence-corrected chi connectivity index (χ1v) is 10.1. The minimum atomic E-state index is 0.236. The van der Waals surface area contributed by atoms with Gasteiger partial charge in [-0.2, -0.15) is 0 Å². The maximum Gasteiger partial charge on any atom is 0.0373 e. The van der Waals surface area contributed by atoms with E-state index in [1.165, 1.54) is 32.0 Å². The molecule has 0 spiro atoms. The Kier molecular flexibility index (Phi) is 5.32. The van der Waals surface area contributed by atoms with Gasteiger partial charge in [0.05, 0.1) is 0 Å². The first-order chi connectivity index (χ1) is 13.3. The van der Waals surface area contributed by atoms with Gasteiger partial charge in [-0.25, -0.2) is 0 Å². The number of hydrogen-bond donors (Lipinski definition) is 0. The van der Waals surface area contributed by atoms with E-state index < -0.39 is 0 Å². The zero-order valence-electron chi connectivity index (χ0n) is 15.4. The summed E-state index contributed by atoms with van der Waals surface area (Å²) >= 11 is 1.88. The zero-order chi connectivity index (χ0) is 18.5. The van der Waals surface area contributed by atoms with Gasteiger partial charge in [0.1, 0.15) is 0 Å². The van der Waals surface area contributed by atoms with Crippen LogP contribution in [0.2, 0.25) is 0 Å². The highest BCUT2D eigenvalue weighted by Crippen LogP contribution is 2.35. The van der Waals surface area contributed by atoms with Gasteiger partial charge in [0.25, 0.3) is 0 Å². The van der Waals surface area contributed by atoms with Crippen molar-refractivity contribution >= 4 is 16.9 Å². The van der Waals surface area contributed by atoms with E-state index in [2.05, 4.69) is 116 Å². The van der Waals surface area contributed by atoms with E-state index in [0.29, 0.717) is 0 Å². The van der Waals surface area contributed by atoms with Gasteiger partial charge >= 0.3 is 0 Å². The number of hydrogen-bond acceptors (Lipinski definition) is 1. The fourth-order valence-electron chi connectivity index (χ4n) is 3.38. The SMILES string of the molecule is Cc1ccc(C(C=C(c2ccccc2)c2ccccc2)c2ccccc2)s1. The molecule has 4 rings (SSSR count). The lowest BCUT2D eigenvalue weighted by atomic mass is 9.89. The quantitative estimate of drug-likeness (QED) is 0.347. The fraction of sp³-hybridized carbons (Fsp3) is 0.0769. The van der Waals surface area contributed by atoms with Crippen LogP contribution in [0.4, 0.5) is 0 Å². The first-order valence-electron chi connectivity index (χ1n) is 9.25. The Labute approximate surface area is 165 Å². The van der Waals surface area contributed by atoms with Gasteiger partial charge in [-0.3, -0.25) is 0 Å². The fourth-order valence-corrected chi connectivity index (χ4v) is 4.36. The molecule has 132 valence electrons. The van der Waals surface area contributed by atoms with E-state index in [1.54, 1.807) is 0 Å². The summed E-state index contributed by atoms with van der Waals surface area (Å²) in [6, 6.07) is 36.6. The van der Waals surface area contributed by atoms with Crippen LogP contribution in [0.5, 0.6) is 0 Å². The van der Waals surface area contributed by atoms with Gasteiger partial charge in [-0.05, 0) is 41.3 Å². The summed E-state index contributed by atoms with van der Waals surface area (Å²) in [6.07, 6.45) is 2.42. The lowest BCUT2D eigenvalue weighted by Gasteiger charge is -2.16. The Morgan fingerprint density at radius 1 is 0.667 bits per heavy atom. The summed E-state index contributed by atoms with van der Waals surface area (Å²) in [5, 5.41) is 0. The summed E-state index contributed by atoms with van der Waals surface area (Å²) in [4.78, 5) is 2.73. The van der Waals surface area contributed by atoms with Crippen LogP contribution in [0.3, 0.4) is 0 Å². The molecule has 0 amide bonds. The van der Waals surface area contributed by atoms with Crippen LogP contribution in [0, 0.1) is 6.92 Å². The van der Waals surface area contributed by atoms with Crippen molar-refractivity contribution in [2.24, 2.45) is 0 Å². The maximum absolute atomic E-state index is 2.42. The maximum atomic E-state index is 2.42. The third-order valence-corrected chi connectivity index (χ3v) is 5.81. The van der Waals surface area contributed by atoms with Crippen LogP contribution in [0.25, 0.3) is 5.57 Å². The van der Waals surface area contributed by atoms with Crippen molar-refractivity contribution in [3.8, 4) is 0 Å². The van der Waals surface area contributed by atoms with E-state index in [-0.39, 0.29) is 5.92 Å². The Morgan fingerprint density at radius 2 is 1.19 bits per heavy atom. The Hall–Kier alpha value is -2.90. The molecular formula is C26H22S. The minimum Gasteiger partial charge on any atom is -0.145 e. The van der Waals surface area contributed by atoms with Gasteiger partial charge in [0, 0.05) is 15.7 Å². The molecule has 1 atom stereocenters. The first kappa shape index (κ1) is 17.5. The molecule has 0 N–H and O–H groups in total. The average molecular weight is 367 g/mol. The Balaban J connectivity index is 1.89. The lowest BCUT2D eigenvalue weighted by molar-refractivity contribution is 1.06. The molecule has 1 aromatic heterocycles. The van der Waals surface area contributed by atoms with E-state index in [4.69, 9.17) is 0 Å². The molecule has 0 bridgehead atoms. The van der Waals surface area contributed by atoms with Crippen LogP contribution in [0.15, 0.2) is 109 Å². The summed E-state index contributed by atoms with van der Waals surface area (Å²) in [5.74, 6) is 0.236. The van der Waals surface area contributed by atoms with Crippen LogP contribution in [-0.2, 0) is 0 Å². The van der Waals surface area contributed by atoms with Gasteiger partial charge in [-0.15, -0.1) is 11.3 Å². The molecule has 0 aliphatic carbocycles. The van der Waals surface area contributed by atoms with E-state index in [9.17, 15) is 0 Å². The van der Waals surface area contributed by atoms with Gasteiger partial charge in [-0.1, -0.05) is 97.1 Å². The summed E-state index contributed by atoms with van der Waals surface area (Å²) in [6.45, 7) is 2.18. The molecule has 0 saturated heterocycles. The molecule has 0 fully saturated rings. The van der Waals surface area contributed by atoms with Crippen molar-refractivity contribution in [2.45, 2.75) is 12.8 Å². The predicted octanol–water partition coefficient (Wildman–Crippen LogP) is 7.32. The van der Waals surface area contributed by atoms with Crippen molar-refractivity contribution in [1.82, 2.24) is 0 Å². The summed E-state index contributed by atoms with van der Waals surface area (Å²) in [5.41, 5.74) is 5.09. The molecule has 1 heteroatoms. The Morgan fingerprint density at radius 3 is 1.67 bits per heavy atom. The standard InChI is InChI=1S/C26H22S/c1-20-17-18-26(27-20)25(23-15-9-4-10-16-23)19-24(21-11-5-2-6-12-21)22-13-7-3-8-14-22/h2-19,25H,1H3. The third kappa shape index (κ3) is 4.10. The smallest absolute Gasteiger partial charge is 0.0373 e. The number of thiophene rings is 1. The van der Waals surface area contributed by atoms with Crippen molar-refractivity contribution in [2.75, 3.05) is 0 Å². The van der Waals surface area contributed by atoms with Gasteiger partial charge in [0.15, 0.2) is 0 Å². The van der Waals surface area contributed by atoms with Crippen LogP contribution in [0.1, 0.15) is 32.4 Å². The second-order valence-corrected chi connectivity index (χ2v) is 7.97. The van der Waals surface area contributed by atoms with Crippen LogP contribution < -0.4 is 0 Å². The second kappa shape index (κ2) is 8.20. The Bertz CT molecular complexity index is 970. The summed E-state index contributed by atoms with van der Waals surface area (Å²) in [7, 11) is 0. The minimum absolute atomic E-state index is 0.236. The van der Waals surface area contributed by atoms with Gasteiger partial charge < -0.3 is 0 Å². The molecule has 3 aromatic carbocycles. The van der Waals surface area contributed by atoms with Crippen LogP contribution >= 0.6 is 11.3 Å². The van der Waals surface area contributed by atoms with Crippen molar-refractivity contribution in [3.05, 3.63) is 136 Å². The highest BCUT2D eigenvalue weighted by atomic mass is 32.1. The predicted molar refractivity (Wildman–Crippen MR) is 117 cm³/mol. The number of rotatable bonds is 5. The van der Waals surface area contributed by atoms with E-state index >= 15 is 0 Å². The molecule has 0 saturated carbocycles. The van der Waals surface area contributed by atoms with Crippen molar-refractivity contribution in [1.29, 1.82) is 0 Å². The van der Waals surface area contributed by atoms with Crippen molar-refractivity contribution < 1.29 is 0 Å². The summed E-state index contributed by atoms with van der Waals surface area (Å²) < 4.78 is 0.